The van der Waals surface area contributed by atoms with E-state index < -0.39 is 17.8 Å². The average molecular weight is 312 g/mol. The molecule has 0 aliphatic heterocycles. The summed E-state index contributed by atoms with van der Waals surface area (Å²) in [5, 5.41) is 6.57. The molecule has 0 unspecified atom stereocenters. The Morgan fingerprint density at radius 1 is 1.32 bits per heavy atom. The molecule has 22 heavy (non-hydrogen) atoms. The van der Waals surface area contributed by atoms with E-state index in [1.807, 2.05) is 19.9 Å². The van der Waals surface area contributed by atoms with Crippen LogP contribution in [-0.2, 0) is 17.5 Å². The fourth-order valence-corrected chi connectivity index (χ4v) is 1.98. The van der Waals surface area contributed by atoms with Gasteiger partial charge < -0.3 is 5.32 Å². The highest BCUT2D eigenvalue weighted by Gasteiger charge is 2.32. The topological polar surface area (TPSA) is 59.8 Å². The van der Waals surface area contributed by atoms with Gasteiger partial charge in [0.15, 0.2) is 0 Å². The van der Waals surface area contributed by atoms with Crippen LogP contribution in [0.25, 0.3) is 0 Å². The molecular formula is C14H15F3N4O. The number of amides is 1. The van der Waals surface area contributed by atoms with Gasteiger partial charge in [0.05, 0.1) is 5.69 Å². The minimum atomic E-state index is -4.54. The number of rotatable bonds is 4. The van der Waals surface area contributed by atoms with Gasteiger partial charge in [-0.25, -0.2) is 4.98 Å². The molecule has 0 bridgehead atoms. The zero-order chi connectivity index (χ0) is 16.3. The van der Waals surface area contributed by atoms with Crippen molar-refractivity contribution in [2.75, 3.05) is 5.32 Å². The Morgan fingerprint density at radius 2 is 2.05 bits per heavy atom. The van der Waals surface area contributed by atoms with Crippen molar-refractivity contribution < 1.29 is 18.0 Å². The molecule has 0 saturated heterocycles. The van der Waals surface area contributed by atoms with E-state index in [1.54, 1.807) is 4.68 Å². The fraction of sp³-hybridized carbons (Fsp3) is 0.357. The number of nitrogens with zero attached hydrogens (tertiary/aromatic N) is 3. The Bertz CT molecular complexity index is 679. The highest BCUT2D eigenvalue weighted by molar-refractivity contribution is 5.89. The van der Waals surface area contributed by atoms with Crippen molar-refractivity contribution in [3.05, 3.63) is 41.3 Å². The first-order chi connectivity index (χ1) is 10.3. The van der Waals surface area contributed by atoms with Crippen LogP contribution in [0.5, 0.6) is 0 Å². The van der Waals surface area contributed by atoms with Gasteiger partial charge in [0.1, 0.15) is 11.5 Å². The third-order valence-corrected chi connectivity index (χ3v) is 2.96. The van der Waals surface area contributed by atoms with Crippen LogP contribution in [0.1, 0.15) is 23.5 Å². The van der Waals surface area contributed by atoms with Gasteiger partial charge in [0, 0.05) is 18.7 Å². The van der Waals surface area contributed by atoms with E-state index >= 15 is 0 Å². The van der Waals surface area contributed by atoms with Crippen molar-refractivity contribution in [3.63, 3.8) is 0 Å². The number of anilines is 1. The van der Waals surface area contributed by atoms with Crippen LogP contribution >= 0.6 is 0 Å². The lowest BCUT2D eigenvalue weighted by atomic mass is 10.3. The molecular weight excluding hydrogens is 297 g/mol. The van der Waals surface area contributed by atoms with Crippen LogP contribution in [0, 0.1) is 13.8 Å². The molecule has 0 atom stereocenters. The predicted octanol–water partition coefficient (Wildman–Crippen LogP) is 2.94. The van der Waals surface area contributed by atoms with E-state index in [4.69, 9.17) is 0 Å². The second-order valence-electron chi connectivity index (χ2n) is 4.85. The maximum absolute atomic E-state index is 12.5. The molecule has 118 valence electrons. The normalized spacial score (nSPS) is 11.5. The lowest BCUT2D eigenvalue weighted by Crippen LogP contribution is -2.17. The molecule has 0 saturated carbocycles. The molecule has 2 rings (SSSR count). The number of carbonyl (C=O) groups is 1. The molecule has 2 heterocycles. The van der Waals surface area contributed by atoms with E-state index in [0.29, 0.717) is 6.54 Å². The zero-order valence-electron chi connectivity index (χ0n) is 12.1. The van der Waals surface area contributed by atoms with Crippen LogP contribution < -0.4 is 5.32 Å². The molecule has 2 aromatic heterocycles. The van der Waals surface area contributed by atoms with Gasteiger partial charge in [-0.2, -0.15) is 18.3 Å². The predicted molar refractivity (Wildman–Crippen MR) is 74.2 cm³/mol. The van der Waals surface area contributed by atoms with Crippen LogP contribution in [-0.4, -0.2) is 20.7 Å². The Labute approximate surface area is 125 Å². The number of aryl methyl sites for hydroxylation is 3. The molecule has 2 aromatic rings. The van der Waals surface area contributed by atoms with Crippen LogP contribution in [0.4, 0.5) is 19.0 Å². The first kappa shape index (κ1) is 16.0. The SMILES string of the molecule is Cc1cc(C)n(CCC(=O)Nc2cccc(C(F)(F)F)n2)n1. The van der Waals surface area contributed by atoms with Gasteiger partial charge in [0.2, 0.25) is 5.91 Å². The van der Waals surface area contributed by atoms with E-state index in [9.17, 15) is 18.0 Å². The largest absolute Gasteiger partial charge is 0.433 e. The summed E-state index contributed by atoms with van der Waals surface area (Å²) in [4.78, 5) is 15.2. The Hall–Kier alpha value is -2.38. The summed E-state index contributed by atoms with van der Waals surface area (Å²) in [6.45, 7) is 4.06. The third-order valence-electron chi connectivity index (χ3n) is 2.96. The van der Waals surface area contributed by atoms with Crippen LogP contribution in [0.3, 0.4) is 0 Å². The molecule has 1 N–H and O–H groups in total. The first-order valence-corrected chi connectivity index (χ1v) is 6.61. The van der Waals surface area contributed by atoms with E-state index in [-0.39, 0.29) is 12.2 Å². The molecule has 8 heteroatoms. The van der Waals surface area contributed by atoms with Crippen molar-refractivity contribution >= 4 is 11.7 Å². The van der Waals surface area contributed by atoms with Gasteiger partial charge in [-0.15, -0.1) is 0 Å². The smallest absolute Gasteiger partial charge is 0.311 e. The van der Waals surface area contributed by atoms with Crippen molar-refractivity contribution in [1.82, 2.24) is 14.8 Å². The first-order valence-electron chi connectivity index (χ1n) is 6.61. The van der Waals surface area contributed by atoms with Crippen molar-refractivity contribution in [3.8, 4) is 0 Å². The quantitative estimate of drug-likeness (QED) is 0.944. The molecule has 5 nitrogen and oxygen atoms in total. The van der Waals surface area contributed by atoms with Gasteiger partial charge in [-0.05, 0) is 32.0 Å². The fourth-order valence-electron chi connectivity index (χ4n) is 1.98. The monoisotopic (exact) mass is 312 g/mol. The molecule has 0 fully saturated rings. The number of aromatic nitrogens is 3. The Balaban J connectivity index is 1.96. The number of alkyl halides is 3. The Kier molecular flexibility index (Phi) is 4.48. The molecule has 0 aliphatic rings. The minimum absolute atomic E-state index is 0.0971. The van der Waals surface area contributed by atoms with E-state index in [1.165, 1.54) is 12.1 Å². The summed E-state index contributed by atoms with van der Waals surface area (Å²) in [5.74, 6) is -0.535. The summed E-state index contributed by atoms with van der Waals surface area (Å²) in [6, 6.07) is 5.25. The van der Waals surface area contributed by atoms with Gasteiger partial charge >= 0.3 is 6.18 Å². The lowest BCUT2D eigenvalue weighted by Gasteiger charge is -2.09. The highest BCUT2D eigenvalue weighted by Crippen LogP contribution is 2.28. The van der Waals surface area contributed by atoms with Crippen molar-refractivity contribution in [2.45, 2.75) is 33.0 Å². The summed E-state index contributed by atoms with van der Waals surface area (Å²) in [6.07, 6.45) is -4.44. The van der Waals surface area contributed by atoms with Crippen molar-refractivity contribution in [2.24, 2.45) is 0 Å². The number of pyridine rings is 1. The summed E-state index contributed by atoms with van der Waals surface area (Å²) in [7, 11) is 0. The maximum Gasteiger partial charge on any atom is 0.433 e. The molecule has 0 aliphatic carbocycles. The molecule has 0 aromatic carbocycles. The van der Waals surface area contributed by atoms with Gasteiger partial charge in [-0.1, -0.05) is 6.07 Å². The van der Waals surface area contributed by atoms with Gasteiger partial charge in [0.25, 0.3) is 0 Å². The van der Waals surface area contributed by atoms with Crippen molar-refractivity contribution in [1.29, 1.82) is 0 Å². The number of hydrogen-bond acceptors (Lipinski definition) is 3. The van der Waals surface area contributed by atoms with Crippen LogP contribution in [0.2, 0.25) is 0 Å². The number of carbonyl (C=O) groups excluding carboxylic acids is 1. The molecule has 0 radical (unpaired) electrons. The second-order valence-corrected chi connectivity index (χ2v) is 4.85. The average Bonchev–Trinajstić information content (AvgIpc) is 2.74. The van der Waals surface area contributed by atoms with E-state index in [0.717, 1.165) is 17.5 Å². The van der Waals surface area contributed by atoms with Crippen LogP contribution in [0.15, 0.2) is 24.3 Å². The zero-order valence-corrected chi connectivity index (χ0v) is 12.1. The third kappa shape index (κ3) is 4.06. The highest BCUT2D eigenvalue weighted by atomic mass is 19.4. The summed E-state index contributed by atoms with van der Waals surface area (Å²) < 4.78 is 39.3. The number of hydrogen-bond donors (Lipinski definition) is 1. The second kappa shape index (κ2) is 6.17. The number of halogens is 3. The Morgan fingerprint density at radius 3 is 2.64 bits per heavy atom. The molecule has 1 amide bonds. The lowest BCUT2D eigenvalue weighted by molar-refractivity contribution is -0.141. The molecule has 0 spiro atoms. The number of nitrogens with one attached hydrogen (secondary N) is 1. The summed E-state index contributed by atoms with van der Waals surface area (Å²) >= 11 is 0. The minimum Gasteiger partial charge on any atom is -0.311 e. The van der Waals surface area contributed by atoms with Gasteiger partial charge in [-0.3, -0.25) is 9.48 Å². The standard InChI is InChI=1S/C14H15F3N4O/c1-9-8-10(2)21(20-9)7-6-13(22)19-12-5-3-4-11(18-12)14(15,16)17/h3-5,8H,6-7H2,1-2H3,(H,18,19,22). The maximum atomic E-state index is 12.5. The summed E-state index contributed by atoms with van der Waals surface area (Å²) in [5.41, 5.74) is 0.726. The van der Waals surface area contributed by atoms with E-state index in [2.05, 4.69) is 15.4 Å².